The average molecular weight is 333 g/mol. The lowest BCUT2D eigenvalue weighted by Crippen LogP contribution is -2.13. The largest absolute Gasteiger partial charge is 0.299 e. The first-order valence-electron chi connectivity index (χ1n) is 6.69. The second-order valence-electron chi connectivity index (χ2n) is 5.17. The first-order chi connectivity index (χ1) is 9.65. The Bertz CT molecular complexity index is 666. The zero-order chi connectivity index (χ0) is 14.1. The molecule has 2 aromatic rings. The van der Waals surface area contributed by atoms with Gasteiger partial charge in [0.05, 0.1) is 0 Å². The molecule has 0 N–H and O–H groups in total. The van der Waals surface area contributed by atoms with E-state index in [0.717, 1.165) is 22.9 Å². The molecule has 102 valence electrons. The lowest BCUT2D eigenvalue weighted by Gasteiger charge is -2.11. The number of benzene rings is 2. The Hall–Kier alpha value is -1.48. The van der Waals surface area contributed by atoms with E-state index in [1.807, 2.05) is 18.2 Å². The number of carbonyl (C=O) groups excluding carboxylic acids is 1. The molecule has 0 saturated heterocycles. The van der Waals surface area contributed by atoms with E-state index >= 15 is 0 Å². The molecule has 1 unspecified atom stereocenters. The van der Waals surface area contributed by atoms with Gasteiger partial charge < -0.3 is 0 Å². The molecule has 0 fully saturated rings. The zero-order valence-electron chi connectivity index (χ0n) is 10.9. The van der Waals surface area contributed by atoms with Gasteiger partial charge in [0.15, 0.2) is 0 Å². The lowest BCUT2D eigenvalue weighted by molar-refractivity contribution is -0.119. The van der Waals surface area contributed by atoms with Gasteiger partial charge in [0.1, 0.15) is 11.6 Å². The fourth-order valence-electron chi connectivity index (χ4n) is 2.88. The summed E-state index contributed by atoms with van der Waals surface area (Å²) >= 11 is 3.32. The smallest absolute Gasteiger partial charge is 0.144 e. The van der Waals surface area contributed by atoms with Crippen LogP contribution in [0.4, 0.5) is 4.39 Å². The van der Waals surface area contributed by atoms with Crippen LogP contribution in [0.5, 0.6) is 0 Å². The Morgan fingerprint density at radius 1 is 1.25 bits per heavy atom. The van der Waals surface area contributed by atoms with E-state index in [2.05, 4.69) is 22.0 Å². The van der Waals surface area contributed by atoms with E-state index in [-0.39, 0.29) is 23.9 Å². The van der Waals surface area contributed by atoms with Gasteiger partial charge in [-0.1, -0.05) is 40.2 Å². The first kappa shape index (κ1) is 13.5. The predicted molar refractivity (Wildman–Crippen MR) is 80.3 cm³/mol. The summed E-state index contributed by atoms with van der Waals surface area (Å²) in [6.07, 6.45) is 1.94. The summed E-state index contributed by atoms with van der Waals surface area (Å²) in [7, 11) is 0. The molecular weight excluding hydrogens is 319 g/mol. The van der Waals surface area contributed by atoms with Crippen molar-refractivity contribution in [3.8, 4) is 0 Å². The summed E-state index contributed by atoms with van der Waals surface area (Å²) in [6, 6.07) is 12.8. The van der Waals surface area contributed by atoms with Crippen molar-refractivity contribution in [1.82, 2.24) is 0 Å². The van der Waals surface area contributed by atoms with Gasteiger partial charge in [-0.3, -0.25) is 4.79 Å². The maximum Gasteiger partial charge on any atom is 0.144 e. The molecule has 1 nitrogen and oxygen atoms in total. The van der Waals surface area contributed by atoms with Gasteiger partial charge in [-0.2, -0.15) is 0 Å². The summed E-state index contributed by atoms with van der Waals surface area (Å²) in [4.78, 5) is 12.5. The maximum absolute atomic E-state index is 13.7. The molecule has 3 rings (SSSR count). The van der Waals surface area contributed by atoms with Crippen molar-refractivity contribution in [1.29, 1.82) is 0 Å². The monoisotopic (exact) mass is 332 g/mol. The van der Waals surface area contributed by atoms with Gasteiger partial charge in [0.25, 0.3) is 0 Å². The van der Waals surface area contributed by atoms with Crippen LogP contribution < -0.4 is 0 Å². The molecule has 0 heterocycles. The molecule has 1 atom stereocenters. The fourth-order valence-corrected chi connectivity index (χ4v) is 3.29. The second kappa shape index (κ2) is 5.49. The molecule has 1 aliphatic carbocycles. The van der Waals surface area contributed by atoms with Gasteiger partial charge in [-0.15, -0.1) is 0 Å². The summed E-state index contributed by atoms with van der Waals surface area (Å²) < 4.78 is 14.5. The maximum atomic E-state index is 13.7. The number of fused-ring (bicyclic) bond motifs is 1. The standard InChI is InChI=1S/C17H14BrFO/c18-13-6-8-16(19)12(9-13)10-17(20)15-7-5-11-3-1-2-4-14(11)15/h1-4,6,8-9,15H,5,7,10H2. The van der Waals surface area contributed by atoms with E-state index in [9.17, 15) is 9.18 Å². The van der Waals surface area contributed by atoms with Crippen molar-refractivity contribution in [2.75, 3.05) is 0 Å². The first-order valence-corrected chi connectivity index (χ1v) is 7.49. The number of rotatable bonds is 3. The molecule has 0 spiro atoms. The Kier molecular flexibility index (Phi) is 3.70. The van der Waals surface area contributed by atoms with Gasteiger partial charge in [0.2, 0.25) is 0 Å². The van der Waals surface area contributed by atoms with Crippen molar-refractivity contribution < 1.29 is 9.18 Å². The molecule has 0 bridgehead atoms. The van der Waals surface area contributed by atoms with Crippen LogP contribution in [0.3, 0.4) is 0 Å². The summed E-state index contributed by atoms with van der Waals surface area (Å²) in [5.41, 5.74) is 2.84. The number of hydrogen-bond acceptors (Lipinski definition) is 1. The van der Waals surface area contributed by atoms with Gasteiger partial charge in [-0.25, -0.2) is 4.39 Å². The van der Waals surface area contributed by atoms with Crippen molar-refractivity contribution in [3.63, 3.8) is 0 Å². The molecule has 2 aromatic carbocycles. The van der Waals surface area contributed by atoms with Crippen LogP contribution in [0.25, 0.3) is 0 Å². The molecule has 0 radical (unpaired) electrons. The SMILES string of the molecule is O=C(Cc1cc(Br)ccc1F)C1CCc2ccccc21. The fraction of sp³-hybridized carbons (Fsp3) is 0.235. The molecule has 0 aromatic heterocycles. The second-order valence-corrected chi connectivity index (χ2v) is 6.08. The third kappa shape index (κ3) is 2.55. The number of carbonyl (C=O) groups is 1. The minimum Gasteiger partial charge on any atom is -0.299 e. The Balaban J connectivity index is 1.83. The van der Waals surface area contributed by atoms with Crippen LogP contribution in [-0.4, -0.2) is 5.78 Å². The highest BCUT2D eigenvalue weighted by atomic mass is 79.9. The minimum atomic E-state index is -0.312. The van der Waals surface area contributed by atoms with Gasteiger partial charge in [0, 0.05) is 16.8 Å². The highest BCUT2D eigenvalue weighted by Gasteiger charge is 2.28. The number of ketones is 1. The molecule has 3 heteroatoms. The van der Waals surface area contributed by atoms with Crippen LogP contribution in [0, 0.1) is 5.82 Å². The highest BCUT2D eigenvalue weighted by molar-refractivity contribution is 9.10. The summed E-state index contributed by atoms with van der Waals surface area (Å²) in [6.45, 7) is 0. The number of aryl methyl sites for hydroxylation is 1. The van der Waals surface area contributed by atoms with E-state index in [1.54, 1.807) is 12.1 Å². The van der Waals surface area contributed by atoms with E-state index in [4.69, 9.17) is 0 Å². The third-order valence-corrected chi connectivity index (χ3v) is 4.39. The molecule has 0 aliphatic heterocycles. The Morgan fingerprint density at radius 3 is 2.90 bits per heavy atom. The highest BCUT2D eigenvalue weighted by Crippen LogP contribution is 2.34. The third-order valence-electron chi connectivity index (χ3n) is 3.89. The van der Waals surface area contributed by atoms with Crippen molar-refractivity contribution in [2.45, 2.75) is 25.2 Å². The van der Waals surface area contributed by atoms with E-state index < -0.39 is 0 Å². The van der Waals surface area contributed by atoms with Crippen LogP contribution in [0.2, 0.25) is 0 Å². The quantitative estimate of drug-likeness (QED) is 0.812. The van der Waals surface area contributed by atoms with Gasteiger partial charge in [-0.05, 0) is 47.7 Å². The molecule has 0 saturated carbocycles. The van der Waals surface area contributed by atoms with Crippen molar-refractivity contribution in [3.05, 3.63) is 69.4 Å². The topological polar surface area (TPSA) is 17.1 Å². The van der Waals surface area contributed by atoms with Gasteiger partial charge >= 0.3 is 0 Å². The molecule has 20 heavy (non-hydrogen) atoms. The number of halogens is 2. The minimum absolute atomic E-state index is 0.0791. The summed E-state index contributed by atoms with van der Waals surface area (Å²) in [5.74, 6) is -0.288. The molecular formula is C17H14BrFO. The lowest BCUT2D eigenvalue weighted by atomic mass is 9.92. The van der Waals surface area contributed by atoms with Crippen LogP contribution in [-0.2, 0) is 17.6 Å². The van der Waals surface area contributed by atoms with Crippen LogP contribution >= 0.6 is 15.9 Å². The zero-order valence-corrected chi connectivity index (χ0v) is 12.5. The van der Waals surface area contributed by atoms with E-state index in [0.29, 0.717) is 5.56 Å². The molecule has 1 aliphatic rings. The Morgan fingerprint density at radius 2 is 2.05 bits per heavy atom. The predicted octanol–water partition coefficient (Wildman–Crippen LogP) is 4.43. The van der Waals surface area contributed by atoms with Crippen molar-refractivity contribution >= 4 is 21.7 Å². The number of Topliss-reactive ketones (excluding diaryl/α,β-unsaturated/α-hetero) is 1. The normalized spacial score (nSPS) is 17.0. The Labute approximate surface area is 126 Å². The van der Waals surface area contributed by atoms with Crippen molar-refractivity contribution in [2.24, 2.45) is 0 Å². The number of hydrogen-bond donors (Lipinski definition) is 0. The van der Waals surface area contributed by atoms with Crippen LogP contribution in [0.1, 0.15) is 29.0 Å². The average Bonchev–Trinajstić information content (AvgIpc) is 2.87. The van der Waals surface area contributed by atoms with E-state index in [1.165, 1.54) is 11.6 Å². The summed E-state index contributed by atoms with van der Waals surface area (Å²) in [5, 5.41) is 0. The van der Waals surface area contributed by atoms with Crippen LogP contribution in [0.15, 0.2) is 46.9 Å². The molecule has 0 amide bonds.